The normalized spacial score (nSPS) is 17.1. The van der Waals surface area contributed by atoms with Gasteiger partial charge < -0.3 is 24.4 Å². The van der Waals surface area contributed by atoms with Crippen molar-refractivity contribution in [3.63, 3.8) is 0 Å². The van der Waals surface area contributed by atoms with E-state index in [2.05, 4.69) is 5.32 Å². The van der Waals surface area contributed by atoms with Crippen LogP contribution in [0.5, 0.6) is 17.2 Å². The Kier molecular flexibility index (Phi) is 6.37. The molecule has 33 heavy (non-hydrogen) atoms. The number of hydrogen-bond acceptors (Lipinski definition) is 7. The molecule has 0 saturated carbocycles. The van der Waals surface area contributed by atoms with Crippen LogP contribution in [0.4, 0.5) is 5.69 Å². The number of benzene rings is 2. The van der Waals surface area contributed by atoms with Crippen LogP contribution >= 0.6 is 11.6 Å². The van der Waals surface area contributed by atoms with E-state index in [9.17, 15) is 18.0 Å². The Morgan fingerprint density at radius 3 is 2.64 bits per heavy atom. The second kappa shape index (κ2) is 9.08. The molecule has 0 aliphatic carbocycles. The summed E-state index contributed by atoms with van der Waals surface area (Å²) in [6.45, 7) is -0.156. The molecular weight excluding hydrogens is 474 g/mol. The van der Waals surface area contributed by atoms with Crippen molar-refractivity contribution in [2.45, 2.75) is 11.0 Å². The molecule has 0 fully saturated rings. The van der Waals surface area contributed by atoms with Crippen molar-refractivity contribution in [1.29, 1.82) is 0 Å². The summed E-state index contributed by atoms with van der Waals surface area (Å²) in [6.07, 6.45) is -0.391. The number of amides is 2. The summed E-state index contributed by atoms with van der Waals surface area (Å²) in [5.74, 6) is 0.620. The lowest BCUT2D eigenvalue weighted by molar-refractivity contribution is -0.131. The number of halogens is 1. The third-order valence-electron chi connectivity index (χ3n) is 5.18. The molecular formula is C21H22ClN3O7S. The number of carbonyl (C=O) groups is 2. The molecule has 0 bridgehead atoms. The Morgan fingerprint density at radius 1 is 1.15 bits per heavy atom. The lowest BCUT2D eigenvalue weighted by Gasteiger charge is -2.30. The Morgan fingerprint density at radius 2 is 1.88 bits per heavy atom. The minimum absolute atomic E-state index is 0.0985. The fourth-order valence-electron chi connectivity index (χ4n) is 3.40. The molecule has 1 unspecified atom stereocenters. The average molecular weight is 496 g/mol. The van der Waals surface area contributed by atoms with Gasteiger partial charge in [0.2, 0.25) is 15.9 Å². The minimum atomic E-state index is -4.11. The highest BCUT2D eigenvalue weighted by Gasteiger charge is 2.30. The average Bonchev–Trinajstić information content (AvgIpc) is 2.78. The van der Waals surface area contributed by atoms with Crippen LogP contribution in [-0.2, 0) is 19.6 Å². The number of para-hydroxylation sites is 2. The van der Waals surface area contributed by atoms with Gasteiger partial charge in [0, 0.05) is 20.2 Å². The lowest BCUT2D eigenvalue weighted by atomic mass is 10.2. The summed E-state index contributed by atoms with van der Waals surface area (Å²) in [5.41, 5.74) is 0.282. The minimum Gasteiger partial charge on any atom is -0.486 e. The van der Waals surface area contributed by atoms with Gasteiger partial charge in [0.05, 0.1) is 23.8 Å². The van der Waals surface area contributed by atoms with Crippen LogP contribution in [0.3, 0.4) is 0 Å². The van der Waals surface area contributed by atoms with Crippen LogP contribution in [0.1, 0.15) is 0 Å². The Balaban J connectivity index is 1.41. The van der Waals surface area contributed by atoms with Gasteiger partial charge in [-0.05, 0) is 18.2 Å². The number of sulfonamides is 1. The van der Waals surface area contributed by atoms with Crippen molar-refractivity contribution in [2.75, 3.05) is 45.7 Å². The quantitative estimate of drug-likeness (QED) is 0.647. The fourth-order valence-corrected chi connectivity index (χ4v) is 5.04. The van der Waals surface area contributed by atoms with E-state index in [1.54, 1.807) is 19.2 Å². The molecule has 2 heterocycles. The van der Waals surface area contributed by atoms with Gasteiger partial charge in [0.1, 0.15) is 17.3 Å². The number of anilines is 1. The summed E-state index contributed by atoms with van der Waals surface area (Å²) >= 11 is 6.17. The Hall–Kier alpha value is -3.02. The number of fused-ring (bicyclic) bond motifs is 2. The summed E-state index contributed by atoms with van der Waals surface area (Å²) in [4.78, 5) is 25.3. The second-order valence-electron chi connectivity index (χ2n) is 7.65. The van der Waals surface area contributed by atoms with Gasteiger partial charge >= 0.3 is 0 Å². The van der Waals surface area contributed by atoms with Crippen molar-refractivity contribution >= 4 is 39.1 Å². The molecule has 2 aliphatic heterocycles. The number of likely N-dealkylation sites (N-methyl/N-ethyl adjacent to an activating group) is 2. The molecule has 2 aliphatic rings. The van der Waals surface area contributed by atoms with Crippen LogP contribution in [0, 0.1) is 0 Å². The van der Waals surface area contributed by atoms with Gasteiger partial charge in [-0.3, -0.25) is 9.59 Å². The maximum Gasteiger partial charge on any atom is 0.262 e. The molecule has 2 aromatic carbocycles. The molecule has 4 rings (SSSR count). The zero-order valence-electron chi connectivity index (χ0n) is 17.9. The number of rotatable bonds is 6. The summed E-state index contributed by atoms with van der Waals surface area (Å²) < 4.78 is 43.8. The van der Waals surface area contributed by atoms with Crippen molar-refractivity contribution in [3.05, 3.63) is 41.4 Å². The number of carbonyl (C=O) groups excluding carboxylic acids is 2. The highest BCUT2D eigenvalue weighted by Crippen LogP contribution is 2.36. The second-order valence-corrected chi connectivity index (χ2v) is 10.1. The number of nitrogens with one attached hydrogen (secondary N) is 1. The van der Waals surface area contributed by atoms with Crippen LogP contribution in [0.2, 0.25) is 5.02 Å². The largest absolute Gasteiger partial charge is 0.486 e. The molecule has 2 aromatic rings. The standard InChI is InChI=1S/C21H22ClN3O7S/c1-24(9-13-11-30-16-5-3-4-6-17(16)32-13)21(27)10-25(2)33(28,29)19-8-18-15(7-14(19)22)23-20(26)12-31-18/h3-8,13H,9-12H2,1-2H3,(H,23,26). The fraction of sp³-hybridized carbons (Fsp3) is 0.333. The first-order chi connectivity index (χ1) is 15.6. The summed E-state index contributed by atoms with van der Waals surface area (Å²) in [5, 5.41) is 2.46. The van der Waals surface area contributed by atoms with Gasteiger partial charge in [-0.2, -0.15) is 4.31 Å². The maximum atomic E-state index is 13.1. The van der Waals surface area contributed by atoms with Gasteiger partial charge in [-0.15, -0.1) is 0 Å². The zero-order valence-corrected chi connectivity index (χ0v) is 19.5. The molecule has 0 spiro atoms. The predicted molar refractivity (Wildman–Crippen MR) is 119 cm³/mol. The van der Waals surface area contributed by atoms with Crippen LogP contribution in [-0.4, -0.2) is 75.9 Å². The first kappa shape index (κ1) is 23.1. The van der Waals surface area contributed by atoms with E-state index in [4.69, 9.17) is 25.8 Å². The third-order valence-corrected chi connectivity index (χ3v) is 7.45. The number of nitrogens with zero attached hydrogens (tertiary/aromatic N) is 2. The monoisotopic (exact) mass is 495 g/mol. The maximum absolute atomic E-state index is 13.1. The molecule has 0 saturated heterocycles. The summed E-state index contributed by atoms with van der Waals surface area (Å²) in [7, 11) is -1.26. The molecule has 1 atom stereocenters. The van der Waals surface area contributed by atoms with E-state index < -0.39 is 28.6 Å². The Labute approximate surface area is 196 Å². The molecule has 0 aromatic heterocycles. The Bertz CT molecular complexity index is 1200. The third kappa shape index (κ3) is 4.85. The van der Waals surface area contributed by atoms with Gasteiger partial charge in [0.25, 0.3) is 5.91 Å². The molecule has 1 N–H and O–H groups in total. The number of hydrogen-bond donors (Lipinski definition) is 1. The van der Waals surface area contributed by atoms with E-state index in [1.807, 2.05) is 12.1 Å². The zero-order chi connectivity index (χ0) is 23.8. The van der Waals surface area contributed by atoms with Crippen molar-refractivity contribution in [3.8, 4) is 17.2 Å². The van der Waals surface area contributed by atoms with Crippen molar-refractivity contribution in [1.82, 2.24) is 9.21 Å². The van der Waals surface area contributed by atoms with E-state index in [0.717, 1.165) is 4.31 Å². The van der Waals surface area contributed by atoms with Crippen molar-refractivity contribution < 1.29 is 32.2 Å². The highest BCUT2D eigenvalue weighted by molar-refractivity contribution is 7.89. The molecule has 2 amide bonds. The van der Waals surface area contributed by atoms with Crippen LogP contribution in [0.25, 0.3) is 0 Å². The topological polar surface area (TPSA) is 114 Å². The van der Waals surface area contributed by atoms with E-state index >= 15 is 0 Å². The van der Waals surface area contributed by atoms with Gasteiger partial charge in [-0.25, -0.2) is 8.42 Å². The molecule has 10 nitrogen and oxygen atoms in total. The number of ether oxygens (including phenoxy) is 3. The lowest BCUT2D eigenvalue weighted by Crippen LogP contribution is -2.45. The smallest absolute Gasteiger partial charge is 0.262 e. The highest BCUT2D eigenvalue weighted by atomic mass is 35.5. The molecule has 176 valence electrons. The van der Waals surface area contributed by atoms with E-state index in [1.165, 1.54) is 24.1 Å². The van der Waals surface area contributed by atoms with Crippen molar-refractivity contribution in [2.24, 2.45) is 0 Å². The molecule has 0 radical (unpaired) electrons. The van der Waals surface area contributed by atoms with E-state index in [-0.39, 0.29) is 47.0 Å². The SMILES string of the molecule is CN(CC1COc2ccccc2O1)C(=O)CN(C)S(=O)(=O)c1cc2c(cc1Cl)NC(=O)CO2. The predicted octanol–water partition coefficient (Wildman–Crippen LogP) is 1.59. The summed E-state index contributed by atoms with van der Waals surface area (Å²) in [6, 6.07) is 9.78. The van der Waals surface area contributed by atoms with Crippen LogP contribution in [0.15, 0.2) is 41.3 Å². The first-order valence-electron chi connectivity index (χ1n) is 10.00. The first-order valence-corrected chi connectivity index (χ1v) is 11.8. The van der Waals surface area contributed by atoms with Crippen LogP contribution < -0.4 is 19.5 Å². The van der Waals surface area contributed by atoms with Gasteiger partial charge in [0.15, 0.2) is 24.2 Å². The van der Waals surface area contributed by atoms with Gasteiger partial charge in [-0.1, -0.05) is 23.7 Å². The van der Waals surface area contributed by atoms with E-state index in [0.29, 0.717) is 11.5 Å². The molecule has 12 heteroatoms.